The van der Waals surface area contributed by atoms with Crippen molar-refractivity contribution in [3.63, 3.8) is 0 Å². The SMILES string of the molecule is CC(O)CNS(C)(=O)=O. The van der Waals surface area contributed by atoms with Gasteiger partial charge in [-0.15, -0.1) is 0 Å². The highest BCUT2D eigenvalue weighted by molar-refractivity contribution is 7.88. The molecule has 9 heavy (non-hydrogen) atoms. The van der Waals surface area contributed by atoms with E-state index in [1.54, 1.807) is 0 Å². The summed E-state index contributed by atoms with van der Waals surface area (Å²) in [5.41, 5.74) is 0. The van der Waals surface area contributed by atoms with Gasteiger partial charge in [0.1, 0.15) is 0 Å². The molecule has 0 aromatic heterocycles. The zero-order chi connectivity index (χ0) is 7.49. The molecule has 0 aliphatic carbocycles. The van der Waals surface area contributed by atoms with Gasteiger partial charge in [0.15, 0.2) is 0 Å². The summed E-state index contributed by atoms with van der Waals surface area (Å²) >= 11 is 0. The van der Waals surface area contributed by atoms with E-state index in [1.165, 1.54) is 6.92 Å². The van der Waals surface area contributed by atoms with E-state index in [1.807, 2.05) is 0 Å². The van der Waals surface area contributed by atoms with E-state index in [0.717, 1.165) is 6.26 Å². The molecule has 0 aromatic rings. The van der Waals surface area contributed by atoms with Crippen LogP contribution in [0.25, 0.3) is 0 Å². The third-order valence-corrected chi connectivity index (χ3v) is 1.33. The quantitative estimate of drug-likeness (QED) is 0.542. The van der Waals surface area contributed by atoms with Crippen LogP contribution in [0.1, 0.15) is 6.92 Å². The molecule has 0 heterocycles. The molecule has 2 N–H and O–H groups in total. The van der Waals surface area contributed by atoms with Crippen molar-refractivity contribution in [3.05, 3.63) is 0 Å². The van der Waals surface area contributed by atoms with E-state index in [4.69, 9.17) is 5.11 Å². The molecule has 0 rings (SSSR count). The summed E-state index contributed by atoms with van der Waals surface area (Å²) in [4.78, 5) is 0. The zero-order valence-electron chi connectivity index (χ0n) is 5.46. The molecule has 0 fully saturated rings. The first kappa shape index (κ1) is 8.87. The lowest BCUT2D eigenvalue weighted by atomic mass is 10.4. The standard InChI is InChI=1S/C4H11NO3S/c1-4(6)3-5-9(2,7)8/h4-6H,3H2,1-2H3. The van der Waals surface area contributed by atoms with E-state index in [-0.39, 0.29) is 6.54 Å². The highest BCUT2D eigenvalue weighted by Crippen LogP contribution is 1.77. The second kappa shape index (κ2) is 3.14. The van der Waals surface area contributed by atoms with E-state index < -0.39 is 16.1 Å². The van der Waals surface area contributed by atoms with Crippen molar-refractivity contribution in [3.8, 4) is 0 Å². The Bertz CT molecular complexity index is 161. The lowest BCUT2D eigenvalue weighted by Gasteiger charge is -2.02. The van der Waals surface area contributed by atoms with Crippen molar-refractivity contribution >= 4 is 10.0 Å². The van der Waals surface area contributed by atoms with Gasteiger partial charge in [-0.2, -0.15) is 0 Å². The molecule has 0 aliphatic rings. The van der Waals surface area contributed by atoms with Gasteiger partial charge in [-0.25, -0.2) is 13.1 Å². The molecule has 0 radical (unpaired) electrons. The first-order chi connectivity index (χ1) is 3.92. The maximum Gasteiger partial charge on any atom is 0.208 e. The fourth-order valence-electron chi connectivity index (χ4n) is 0.272. The number of sulfonamides is 1. The van der Waals surface area contributed by atoms with Gasteiger partial charge in [-0.05, 0) is 6.92 Å². The highest BCUT2D eigenvalue weighted by Gasteiger charge is 2.01. The number of hydrogen-bond acceptors (Lipinski definition) is 3. The number of hydrogen-bond donors (Lipinski definition) is 2. The van der Waals surface area contributed by atoms with E-state index in [2.05, 4.69) is 4.72 Å². The summed E-state index contributed by atoms with van der Waals surface area (Å²) in [5, 5.41) is 8.59. The Kier molecular flexibility index (Phi) is 3.10. The van der Waals surface area contributed by atoms with Crippen LogP contribution in [0.4, 0.5) is 0 Å². The van der Waals surface area contributed by atoms with Crippen molar-refractivity contribution in [1.29, 1.82) is 0 Å². The summed E-state index contributed by atoms with van der Waals surface area (Å²) < 4.78 is 22.8. The molecule has 5 heteroatoms. The minimum Gasteiger partial charge on any atom is -0.392 e. The Hall–Kier alpha value is -0.130. The van der Waals surface area contributed by atoms with Gasteiger partial charge in [0.05, 0.1) is 12.4 Å². The largest absolute Gasteiger partial charge is 0.392 e. The monoisotopic (exact) mass is 153 g/mol. The highest BCUT2D eigenvalue weighted by atomic mass is 32.2. The average Bonchev–Trinajstić information content (AvgIpc) is 1.59. The van der Waals surface area contributed by atoms with Gasteiger partial charge >= 0.3 is 0 Å². The number of aliphatic hydroxyl groups is 1. The summed E-state index contributed by atoms with van der Waals surface area (Å²) in [6.07, 6.45) is 0.426. The van der Waals surface area contributed by atoms with Crippen LogP contribution in [0.2, 0.25) is 0 Å². The van der Waals surface area contributed by atoms with Crippen LogP contribution in [0.5, 0.6) is 0 Å². The van der Waals surface area contributed by atoms with E-state index in [9.17, 15) is 8.42 Å². The van der Waals surface area contributed by atoms with Crippen molar-refractivity contribution in [2.24, 2.45) is 0 Å². The second-order valence-corrected chi connectivity index (χ2v) is 3.80. The predicted molar refractivity (Wildman–Crippen MR) is 34.5 cm³/mol. The Balaban J connectivity index is 3.53. The molecular weight excluding hydrogens is 142 g/mol. The van der Waals surface area contributed by atoms with Crippen molar-refractivity contribution in [2.75, 3.05) is 12.8 Å². The third-order valence-electron chi connectivity index (χ3n) is 0.641. The summed E-state index contributed by atoms with van der Waals surface area (Å²) in [5.74, 6) is 0. The normalized spacial score (nSPS) is 15.4. The number of aliphatic hydroxyl groups excluding tert-OH is 1. The fraction of sp³-hybridized carbons (Fsp3) is 1.00. The van der Waals surface area contributed by atoms with Crippen LogP contribution in [-0.4, -0.2) is 32.4 Å². The van der Waals surface area contributed by atoms with Gasteiger partial charge in [0, 0.05) is 6.54 Å². The molecule has 1 atom stereocenters. The Morgan fingerprint density at radius 2 is 2.11 bits per heavy atom. The summed E-state index contributed by atoms with van der Waals surface area (Å²) in [6.45, 7) is 1.59. The molecule has 56 valence electrons. The van der Waals surface area contributed by atoms with Crippen LogP contribution in [0.3, 0.4) is 0 Å². The van der Waals surface area contributed by atoms with Crippen LogP contribution >= 0.6 is 0 Å². The van der Waals surface area contributed by atoms with Crippen LogP contribution in [0, 0.1) is 0 Å². The third kappa shape index (κ3) is 7.87. The molecule has 0 aliphatic heterocycles. The van der Waals surface area contributed by atoms with Crippen molar-refractivity contribution in [2.45, 2.75) is 13.0 Å². The summed E-state index contributed by atoms with van der Waals surface area (Å²) in [6, 6.07) is 0. The second-order valence-electron chi connectivity index (χ2n) is 1.97. The molecule has 0 saturated heterocycles. The molecule has 0 spiro atoms. The molecule has 0 bridgehead atoms. The maximum absolute atomic E-state index is 10.3. The fourth-order valence-corrected chi connectivity index (χ4v) is 0.816. The van der Waals surface area contributed by atoms with Gasteiger partial charge < -0.3 is 5.11 Å². The van der Waals surface area contributed by atoms with Gasteiger partial charge in [-0.3, -0.25) is 0 Å². The van der Waals surface area contributed by atoms with E-state index in [0.29, 0.717) is 0 Å². The van der Waals surface area contributed by atoms with Gasteiger partial charge in [0.25, 0.3) is 0 Å². The van der Waals surface area contributed by atoms with Crippen molar-refractivity contribution < 1.29 is 13.5 Å². The number of nitrogens with one attached hydrogen (secondary N) is 1. The Morgan fingerprint density at radius 3 is 2.22 bits per heavy atom. The molecule has 0 aromatic carbocycles. The molecule has 1 unspecified atom stereocenters. The smallest absolute Gasteiger partial charge is 0.208 e. The lowest BCUT2D eigenvalue weighted by molar-refractivity contribution is 0.198. The van der Waals surface area contributed by atoms with Gasteiger partial charge in [0.2, 0.25) is 10.0 Å². The maximum atomic E-state index is 10.3. The summed E-state index contributed by atoms with van der Waals surface area (Å²) in [7, 11) is -3.13. The minimum atomic E-state index is -3.13. The Labute approximate surface area is 54.9 Å². The molecule has 4 nitrogen and oxygen atoms in total. The molecule has 0 saturated carbocycles. The van der Waals surface area contributed by atoms with Gasteiger partial charge in [-0.1, -0.05) is 0 Å². The topological polar surface area (TPSA) is 66.4 Å². The van der Waals surface area contributed by atoms with Crippen LogP contribution < -0.4 is 4.72 Å². The Morgan fingerprint density at radius 1 is 1.67 bits per heavy atom. The van der Waals surface area contributed by atoms with Crippen LogP contribution in [-0.2, 0) is 10.0 Å². The zero-order valence-corrected chi connectivity index (χ0v) is 6.27. The van der Waals surface area contributed by atoms with E-state index >= 15 is 0 Å². The van der Waals surface area contributed by atoms with Crippen molar-refractivity contribution in [1.82, 2.24) is 4.72 Å². The minimum absolute atomic E-state index is 0.0822. The first-order valence-electron chi connectivity index (χ1n) is 2.54. The predicted octanol–water partition coefficient (Wildman–Crippen LogP) is -1.08. The average molecular weight is 153 g/mol. The first-order valence-corrected chi connectivity index (χ1v) is 4.43. The molecule has 0 amide bonds. The number of rotatable bonds is 3. The molecular formula is C4H11NO3S. The lowest BCUT2D eigenvalue weighted by Crippen LogP contribution is -2.29. The van der Waals surface area contributed by atoms with Crippen LogP contribution in [0.15, 0.2) is 0 Å².